The molecule has 1 rings (SSSR count). The molecule has 1 aromatic rings. The number of hydrogen-bond acceptors (Lipinski definition) is 3. The first-order valence-electron chi connectivity index (χ1n) is 3.52. The van der Waals surface area contributed by atoms with Gasteiger partial charge in [-0.15, -0.1) is 11.3 Å². The van der Waals surface area contributed by atoms with Crippen molar-refractivity contribution in [3.05, 3.63) is 20.8 Å². The van der Waals surface area contributed by atoms with E-state index in [4.69, 9.17) is 4.74 Å². The van der Waals surface area contributed by atoms with Crippen LogP contribution in [-0.2, 0) is 10.3 Å². The summed E-state index contributed by atoms with van der Waals surface area (Å²) in [6.45, 7) is 2.05. The topological polar surface area (TPSA) is 29.5 Å². The Hall–Kier alpha value is 0.100. The maximum atomic E-state index is 9.91. The van der Waals surface area contributed by atoms with Crippen LogP contribution < -0.4 is 0 Å². The number of ether oxygens (including phenoxy) is 1. The Morgan fingerprint density at radius 1 is 1.75 bits per heavy atom. The van der Waals surface area contributed by atoms with Crippen LogP contribution >= 0.6 is 27.3 Å². The monoisotopic (exact) mass is 250 g/mol. The van der Waals surface area contributed by atoms with E-state index < -0.39 is 5.60 Å². The minimum absolute atomic E-state index is 0.312. The van der Waals surface area contributed by atoms with E-state index in [1.54, 1.807) is 14.0 Å². The Morgan fingerprint density at radius 2 is 2.42 bits per heavy atom. The predicted molar refractivity (Wildman–Crippen MR) is 53.5 cm³/mol. The first-order valence-corrected chi connectivity index (χ1v) is 5.20. The van der Waals surface area contributed by atoms with Gasteiger partial charge in [-0.25, -0.2) is 0 Å². The van der Waals surface area contributed by atoms with Crippen molar-refractivity contribution < 1.29 is 9.84 Å². The zero-order chi connectivity index (χ0) is 9.19. The number of aliphatic hydroxyl groups is 1. The highest BCUT2D eigenvalue weighted by molar-refractivity contribution is 9.10. The third kappa shape index (κ3) is 2.07. The number of rotatable bonds is 3. The van der Waals surface area contributed by atoms with Gasteiger partial charge in [0, 0.05) is 11.6 Å². The van der Waals surface area contributed by atoms with E-state index in [0.29, 0.717) is 6.61 Å². The molecule has 4 heteroatoms. The Bertz CT molecular complexity index is 257. The lowest BCUT2D eigenvalue weighted by Crippen LogP contribution is -2.26. The van der Waals surface area contributed by atoms with Gasteiger partial charge in [0.25, 0.3) is 0 Å². The second-order valence-corrected chi connectivity index (χ2v) is 4.57. The molecule has 1 aromatic heterocycles. The van der Waals surface area contributed by atoms with Crippen LogP contribution in [-0.4, -0.2) is 18.8 Å². The number of halogens is 1. The summed E-state index contributed by atoms with van der Waals surface area (Å²) in [4.78, 5) is 0.907. The van der Waals surface area contributed by atoms with Crippen molar-refractivity contribution in [2.24, 2.45) is 0 Å². The third-order valence-electron chi connectivity index (χ3n) is 1.53. The Balaban J connectivity index is 2.88. The van der Waals surface area contributed by atoms with E-state index in [0.717, 1.165) is 9.35 Å². The van der Waals surface area contributed by atoms with Crippen molar-refractivity contribution in [2.45, 2.75) is 12.5 Å². The van der Waals surface area contributed by atoms with Crippen LogP contribution in [0.4, 0.5) is 0 Å². The number of thiophene rings is 1. The Morgan fingerprint density at radius 3 is 2.83 bits per heavy atom. The summed E-state index contributed by atoms with van der Waals surface area (Å²) in [5.41, 5.74) is -0.887. The van der Waals surface area contributed by atoms with Gasteiger partial charge >= 0.3 is 0 Å². The van der Waals surface area contributed by atoms with Gasteiger partial charge in [0.2, 0.25) is 0 Å². The van der Waals surface area contributed by atoms with E-state index in [1.165, 1.54) is 11.3 Å². The average molecular weight is 251 g/mol. The molecule has 12 heavy (non-hydrogen) atoms. The number of methoxy groups -OCH3 is 1. The van der Waals surface area contributed by atoms with Crippen molar-refractivity contribution in [3.63, 3.8) is 0 Å². The quantitative estimate of drug-likeness (QED) is 0.893. The maximum absolute atomic E-state index is 9.91. The predicted octanol–water partition coefficient (Wildman–Crippen LogP) is 2.36. The van der Waals surface area contributed by atoms with Crippen molar-refractivity contribution in [1.82, 2.24) is 0 Å². The summed E-state index contributed by atoms with van der Waals surface area (Å²) in [5.74, 6) is 0. The molecule has 1 unspecified atom stereocenters. The van der Waals surface area contributed by atoms with Crippen molar-refractivity contribution >= 4 is 27.3 Å². The maximum Gasteiger partial charge on any atom is 0.120 e. The van der Waals surface area contributed by atoms with Crippen molar-refractivity contribution in [1.29, 1.82) is 0 Å². The number of hydrogen-bond donors (Lipinski definition) is 1. The first-order chi connectivity index (χ1) is 5.58. The fourth-order valence-corrected chi connectivity index (χ4v) is 2.87. The molecule has 0 spiro atoms. The van der Waals surface area contributed by atoms with Gasteiger partial charge < -0.3 is 9.84 Å². The van der Waals surface area contributed by atoms with Gasteiger partial charge in [-0.3, -0.25) is 0 Å². The lowest BCUT2D eigenvalue weighted by atomic mass is 10.1. The minimum atomic E-state index is -0.887. The molecule has 0 aromatic carbocycles. The zero-order valence-electron chi connectivity index (χ0n) is 7.00. The smallest absolute Gasteiger partial charge is 0.120 e. The summed E-state index contributed by atoms with van der Waals surface area (Å²) in [7, 11) is 1.58. The molecule has 1 atom stereocenters. The van der Waals surface area contributed by atoms with Crippen LogP contribution in [0.25, 0.3) is 0 Å². The van der Waals surface area contributed by atoms with E-state index in [2.05, 4.69) is 15.9 Å². The standard InChI is InChI=1S/C8H11BrO2S/c1-8(10,5-11-2)7-6(9)3-4-12-7/h3-4,10H,5H2,1-2H3. The molecule has 0 aliphatic heterocycles. The van der Waals surface area contributed by atoms with E-state index in [-0.39, 0.29) is 0 Å². The SMILES string of the molecule is COCC(C)(O)c1sccc1Br. The fraction of sp³-hybridized carbons (Fsp3) is 0.500. The highest BCUT2D eigenvalue weighted by Gasteiger charge is 2.26. The van der Waals surface area contributed by atoms with Crippen LogP contribution in [0.3, 0.4) is 0 Å². The summed E-state index contributed by atoms with van der Waals surface area (Å²) >= 11 is 4.89. The van der Waals surface area contributed by atoms with Crippen LogP contribution in [0.5, 0.6) is 0 Å². The van der Waals surface area contributed by atoms with E-state index >= 15 is 0 Å². The summed E-state index contributed by atoms with van der Waals surface area (Å²) < 4.78 is 5.86. The highest BCUT2D eigenvalue weighted by Crippen LogP contribution is 2.33. The summed E-state index contributed by atoms with van der Waals surface area (Å²) in [6, 6.07) is 1.92. The third-order valence-corrected chi connectivity index (χ3v) is 3.62. The zero-order valence-corrected chi connectivity index (χ0v) is 9.41. The van der Waals surface area contributed by atoms with Gasteiger partial charge in [-0.1, -0.05) is 0 Å². The molecule has 0 bridgehead atoms. The molecule has 0 aliphatic carbocycles. The molecule has 0 aliphatic rings. The van der Waals surface area contributed by atoms with Crippen molar-refractivity contribution in [3.8, 4) is 0 Å². The molecular formula is C8H11BrO2S. The minimum Gasteiger partial charge on any atom is -0.382 e. The van der Waals surface area contributed by atoms with Crippen LogP contribution in [0.2, 0.25) is 0 Å². The summed E-state index contributed by atoms with van der Waals surface area (Å²) in [6.07, 6.45) is 0. The second-order valence-electron chi connectivity index (χ2n) is 2.80. The molecule has 1 N–H and O–H groups in total. The van der Waals surface area contributed by atoms with Gasteiger partial charge in [-0.2, -0.15) is 0 Å². The molecular weight excluding hydrogens is 240 g/mol. The fourth-order valence-electron chi connectivity index (χ4n) is 1.02. The summed E-state index contributed by atoms with van der Waals surface area (Å²) in [5, 5.41) is 11.8. The Kier molecular flexibility index (Phi) is 3.29. The molecule has 0 saturated carbocycles. The van der Waals surface area contributed by atoms with Crippen LogP contribution in [0.15, 0.2) is 15.9 Å². The van der Waals surface area contributed by atoms with Crippen LogP contribution in [0.1, 0.15) is 11.8 Å². The van der Waals surface area contributed by atoms with E-state index in [9.17, 15) is 5.11 Å². The lowest BCUT2D eigenvalue weighted by Gasteiger charge is -2.21. The molecule has 68 valence electrons. The highest BCUT2D eigenvalue weighted by atomic mass is 79.9. The molecule has 0 fully saturated rings. The van der Waals surface area contributed by atoms with Crippen LogP contribution in [0, 0.1) is 0 Å². The molecule has 0 saturated heterocycles. The van der Waals surface area contributed by atoms with Gasteiger partial charge in [0.15, 0.2) is 0 Å². The molecule has 0 radical (unpaired) electrons. The molecule has 1 heterocycles. The average Bonchev–Trinajstić information content (AvgIpc) is 2.35. The molecule has 2 nitrogen and oxygen atoms in total. The normalized spacial score (nSPS) is 16.0. The second kappa shape index (κ2) is 3.87. The van der Waals surface area contributed by atoms with Gasteiger partial charge in [0.05, 0.1) is 11.5 Å². The molecule has 0 amide bonds. The van der Waals surface area contributed by atoms with Gasteiger partial charge in [0.1, 0.15) is 5.60 Å². The van der Waals surface area contributed by atoms with Gasteiger partial charge in [-0.05, 0) is 34.3 Å². The van der Waals surface area contributed by atoms with Crippen molar-refractivity contribution in [2.75, 3.05) is 13.7 Å². The first kappa shape index (κ1) is 10.2. The largest absolute Gasteiger partial charge is 0.382 e. The van der Waals surface area contributed by atoms with E-state index in [1.807, 2.05) is 11.4 Å². The Labute approximate surface area is 84.3 Å². The lowest BCUT2D eigenvalue weighted by molar-refractivity contribution is -0.0185.